The molecule has 6 nitrogen and oxygen atoms in total. The zero-order chi connectivity index (χ0) is 22.0. The Morgan fingerprint density at radius 3 is 2.48 bits per heavy atom. The normalized spacial score (nSPS) is 17.8. The highest BCUT2D eigenvalue weighted by atomic mass is 16.5. The minimum absolute atomic E-state index is 0.0341. The standard InChI is InChI=1S/C25H26N2O4/c1-17-15-23(27(18(2)28)19-9-5-4-6-10-19)21-11-7-8-12-22(21)26(17)25(29)24-14-13-20(31-24)16-30-3/h4-14,17,23H,15-16H2,1-3H3. The summed E-state index contributed by atoms with van der Waals surface area (Å²) in [5, 5.41) is 0. The van der Waals surface area contributed by atoms with Crippen molar-refractivity contribution in [3.8, 4) is 0 Å². The molecule has 0 radical (unpaired) electrons. The van der Waals surface area contributed by atoms with Gasteiger partial charge in [0.15, 0.2) is 5.76 Å². The molecule has 3 aromatic rings. The lowest BCUT2D eigenvalue weighted by molar-refractivity contribution is -0.117. The zero-order valence-electron chi connectivity index (χ0n) is 17.9. The van der Waals surface area contributed by atoms with Gasteiger partial charge in [0.25, 0.3) is 5.91 Å². The Morgan fingerprint density at radius 2 is 1.77 bits per heavy atom. The first-order valence-electron chi connectivity index (χ1n) is 10.4. The van der Waals surface area contributed by atoms with E-state index in [1.165, 1.54) is 0 Å². The predicted molar refractivity (Wildman–Crippen MR) is 119 cm³/mol. The van der Waals surface area contributed by atoms with Gasteiger partial charge >= 0.3 is 0 Å². The second-order valence-corrected chi connectivity index (χ2v) is 7.76. The maximum Gasteiger partial charge on any atom is 0.294 e. The van der Waals surface area contributed by atoms with Crippen LogP contribution in [-0.4, -0.2) is 25.0 Å². The lowest BCUT2D eigenvalue weighted by atomic mass is 9.89. The molecule has 2 atom stereocenters. The lowest BCUT2D eigenvalue weighted by Gasteiger charge is -2.43. The van der Waals surface area contributed by atoms with Gasteiger partial charge in [-0.05, 0) is 49.2 Å². The molecule has 0 saturated carbocycles. The number of para-hydroxylation sites is 2. The van der Waals surface area contributed by atoms with Crippen molar-refractivity contribution in [2.45, 2.75) is 39.0 Å². The first-order chi connectivity index (χ1) is 15.0. The van der Waals surface area contributed by atoms with Gasteiger partial charge in [0, 0.05) is 31.5 Å². The van der Waals surface area contributed by atoms with E-state index in [1.807, 2.05) is 66.4 Å². The number of rotatable bonds is 5. The van der Waals surface area contributed by atoms with E-state index in [4.69, 9.17) is 9.15 Å². The number of methoxy groups -OCH3 is 1. The maximum atomic E-state index is 13.4. The summed E-state index contributed by atoms with van der Waals surface area (Å²) < 4.78 is 10.8. The molecule has 4 rings (SSSR count). The van der Waals surface area contributed by atoms with Crippen molar-refractivity contribution >= 4 is 23.2 Å². The number of anilines is 2. The molecule has 1 aliphatic rings. The molecule has 2 aromatic carbocycles. The summed E-state index contributed by atoms with van der Waals surface area (Å²) in [5.74, 6) is 0.648. The number of fused-ring (bicyclic) bond motifs is 1. The molecule has 0 saturated heterocycles. The maximum absolute atomic E-state index is 13.4. The molecule has 0 spiro atoms. The van der Waals surface area contributed by atoms with Crippen LogP contribution in [-0.2, 0) is 16.1 Å². The fourth-order valence-electron chi connectivity index (χ4n) is 4.34. The number of furan rings is 1. The average Bonchev–Trinajstić information content (AvgIpc) is 3.23. The second kappa shape index (κ2) is 8.78. The van der Waals surface area contributed by atoms with Crippen molar-refractivity contribution in [1.82, 2.24) is 0 Å². The minimum atomic E-state index is -0.199. The van der Waals surface area contributed by atoms with Crippen LogP contribution in [0.4, 0.5) is 11.4 Å². The summed E-state index contributed by atoms with van der Waals surface area (Å²) in [6, 6.07) is 20.6. The van der Waals surface area contributed by atoms with Crippen LogP contribution >= 0.6 is 0 Å². The first kappa shape index (κ1) is 20.9. The van der Waals surface area contributed by atoms with E-state index in [9.17, 15) is 9.59 Å². The monoisotopic (exact) mass is 418 g/mol. The highest BCUT2D eigenvalue weighted by Crippen LogP contribution is 2.42. The van der Waals surface area contributed by atoms with E-state index >= 15 is 0 Å². The topological polar surface area (TPSA) is 63.0 Å². The third-order valence-electron chi connectivity index (χ3n) is 5.62. The molecule has 0 aliphatic carbocycles. The molecule has 0 bridgehead atoms. The molecular formula is C25H26N2O4. The SMILES string of the molecule is COCc1ccc(C(=O)N2c3ccccc3C(N(C(C)=O)c3ccccc3)CC2C)o1. The van der Waals surface area contributed by atoms with E-state index in [0.29, 0.717) is 18.8 Å². The molecule has 1 aliphatic heterocycles. The van der Waals surface area contributed by atoms with E-state index in [1.54, 1.807) is 31.1 Å². The van der Waals surface area contributed by atoms with Crippen molar-refractivity contribution in [1.29, 1.82) is 0 Å². The van der Waals surface area contributed by atoms with E-state index < -0.39 is 0 Å². The van der Waals surface area contributed by atoms with E-state index in [-0.39, 0.29) is 29.7 Å². The molecule has 0 N–H and O–H groups in total. The van der Waals surface area contributed by atoms with Crippen LogP contribution < -0.4 is 9.80 Å². The van der Waals surface area contributed by atoms with Crippen molar-refractivity contribution in [2.24, 2.45) is 0 Å². The Hall–Kier alpha value is -3.38. The summed E-state index contributed by atoms with van der Waals surface area (Å²) in [6.07, 6.45) is 0.614. The summed E-state index contributed by atoms with van der Waals surface area (Å²) in [5.41, 5.74) is 2.58. The fourth-order valence-corrected chi connectivity index (χ4v) is 4.34. The van der Waals surface area contributed by atoms with Crippen molar-refractivity contribution in [2.75, 3.05) is 16.9 Å². The third kappa shape index (κ3) is 3.99. The molecule has 2 heterocycles. The highest BCUT2D eigenvalue weighted by Gasteiger charge is 2.38. The van der Waals surface area contributed by atoms with Crippen LogP contribution in [0.25, 0.3) is 0 Å². The largest absolute Gasteiger partial charge is 0.453 e. The number of amides is 2. The fraction of sp³-hybridized carbons (Fsp3) is 0.280. The van der Waals surface area contributed by atoms with Crippen LogP contribution in [0.2, 0.25) is 0 Å². The van der Waals surface area contributed by atoms with Gasteiger partial charge in [0.2, 0.25) is 5.91 Å². The van der Waals surface area contributed by atoms with Gasteiger partial charge in [-0.1, -0.05) is 36.4 Å². The van der Waals surface area contributed by atoms with Crippen LogP contribution in [0.15, 0.2) is 71.1 Å². The quantitative estimate of drug-likeness (QED) is 0.588. The van der Waals surface area contributed by atoms with Crippen molar-refractivity contribution in [3.05, 3.63) is 83.8 Å². The number of carbonyl (C=O) groups excluding carboxylic acids is 2. The zero-order valence-corrected chi connectivity index (χ0v) is 17.9. The highest BCUT2D eigenvalue weighted by molar-refractivity contribution is 6.06. The van der Waals surface area contributed by atoms with Crippen LogP contribution in [0.3, 0.4) is 0 Å². The predicted octanol–water partition coefficient (Wildman–Crippen LogP) is 4.96. The van der Waals surface area contributed by atoms with E-state index in [2.05, 4.69) is 0 Å². The van der Waals surface area contributed by atoms with Gasteiger partial charge in [0.05, 0.1) is 6.04 Å². The Kier molecular flexibility index (Phi) is 5.91. The second-order valence-electron chi connectivity index (χ2n) is 7.76. The lowest BCUT2D eigenvalue weighted by Crippen LogP contribution is -2.47. The van der Waals surface area contributed by atoms with Crippen LogP contribution in [0.5, 0.6) is 0 Å². The number of ether oxygens (including phenoxy) is 1. The summed E-state index contributed by atoms with van der Waals surface area (Å²) in [4.78, 5) is 29.7. The minimum Gasteiger partial charge on any atom is -0.453 e. The molecule has 2 unspecified atom stereocenters. The first-order valence-corrected chi connectivity index (χ1v) is 10.4. The Morgan fingerprint density at radius 1 is 1.06 bits per heavy atom. The van der Waals surface area contributed by atoms with Gasteiger partial charge in [0.1, 0.15) is 12.4 Å². The van der Waals surface area contributed by atoms with Crippen molar-refractivity contribution in [3.63, 3.8) is 0 Å². The van der Waals surface area contributed by atoms with Crippen LogP contribution in [0, 0.1) is 0 Å². The summed E-state index contributed by atoms with van der Waals surface area (Å²) in [6.45, 7) is 3.90. The van der Waals surface area contributed by atoms with Gasteiger partial charge in [-0.2, -0.15) is 0 Å². The number of benzene rings is 2. The van der Waals surface area contributed by atoms with Crippen molar-refractivity contribution < 1.29 is 18.7 Å². The van der Waals surface area contributed by atoms with Gasteiger partial charge in [-0.3, -0.25) is 9.59 Å². The molecule has 2 amide bonds. The Labute approximate surface area is 182 Å². The molecular weight excluding hydrogens is 392 g/mol. The number of nitrogens with zero attached hydrogens (tertiary/aromatic N) is 2. The molecule has 1 aromatic heterocycles. The molecule has 31 heavy (non-hydrogen) atoms. The number of carbonyl (C=O) groups is 2. The average molecular weight is 418 g/mol. The Balaban J connectivity index is 1.74. The molecule has 6 heteroatoms. The third-order valence-corrected chi connectivity index (χ3v) is 5.62. The summed E-state index contributed by atoms with van der Waals surface area (Å²) in [7, 11) is 1.58. The molecule has 0 fully saturated rings. The molecule has 160 valence electrons. The van der Waals surface area contributed by atoms with Crippen LogP contribution in [0.1, 0.15) is 48.2 Å². The van der Waals surface area contributed by atoms with Gasteiger partial charge < -0.3 is 19.0 Å². The smallest absolute Gasteiger partial charge is 0.294 e. The number of hydrogen-bond donors (Lipinski definition) is 0. The van der Waals surface area contributed by atoms with E-state index in [0.717, 1.165) is 16.9 Å². The summed E-state index contributed by atoms with van der Waals surface area (Å²) >= 11 is 0. The number of hydrogen-bond acceptors (Lipinski definition) is 4. The van der Waals surface area contributed by atoms with Gasteiger partial charge in [-0.25, -0.2) is 0 Å². The van der Waals surface area contributed by atoms with Gasteiger partial charge in [-0.15, -0.1) is 0 Å². The Bertz CT molecular complexity index is 1080.